The van der Waals surface area contributed by atoms with E-state index >= 15 is 0 Å². The van der Waals surface area contributed by atoms with E-state index < -0.39 is 5.82 Å². The Balaban J connectivity index is 2.35. The lowest BCUT2D eigenvalue weighted by Crippen LogP contribution is -2.43. The number of nitrogens with zero attached hydrogens (tertiary/aromatic N) is 2. The van der Waals surface area contributed by atoms with Crippen LogP contribution < -0.4 is 11.3 Å². The summed E-state index contributed by atoms with van der Waals surface area (Å²) in [5, 5.41) is 0. The predicted octanol–water partition coefficient (Wildman–Crippen LogP) is 1.52. The zero-order chi connectivity index (χ0) is 13.3. The fourth-order valence-electron chi connectivity index (χ4n) is 2.34. The van der Waals surface area contributed by atoms with Gasteiger partial charge in [0.2, 0.25) is 0 Å². The number of nitrogen functional groups attached to an aromatic ring is 1. The van der Waals surface area contributed by atoms with E-state index in [-0.39, 0.29) is 22.8 Å². The number of anilines is 1. The molecule has 2 heterocycles. The monoisotopic (exact) mass is 252 g/mol. The quantitative estimate of drug-likeness (QED) is 0.618. The number of carbonyl (C=O) groups excluding carboxylic acids is 1. The number of nitrogens with one attached hydrogen (secondary N) is 1. The smallest absolute Gasteiger partial charge is 0.257 e. The molecular formula is C12H17FN4O. The summed E-state index contributed by atoms with van der Waals surface area (Å²) in [5.41, 5.74) is 1.92. The van der Waals surface area contributed by atoms with Crippen LogP contribution in [0.2, 0.25) is 0 Å². The number of carbonyl (C=O) groups is 1. The number of rotatable bonds is 2. The van der Waals surface area contributed by atoms with Gasteiger partial charge < -0.3 is 10.3 Å². The van der Waals surface area contributed by atoms with Crippen LogP contribution in [-0.2, 0) is 0 Å². The second kappa shape index (κ2) is 4.53. The van der Waals surface area contributed by atoms with Crippen molar-refractivity contribution in [3.63, 3.8) is 0 Å². The molecule has 0 radical (unpaired) electrons. The van der Waals surface area contributed by atoms with Crippen molar-refractivity contribution >= 4 is 11.7 Å². The lowest BCUT2D eigenvalue weighted by molar-refractivity contribution is 0.0647. The molecule has 98 valence electrons. The second-order valence-electron chi connectivity index (χ2n) is 5.04. The van der Waals surface area contributed by atoms with E-state index in [1.165, 1.54) is 12.3 Å². The van der Waals surface area contributed by atoms with Crippen molar-refractivity contribution in [3.05, 3.63) is 23.6 Å². The summed E-state index contributed by atoms with van der Waals surface area (Å²) < 4.78 is 14.0. The van der Waals surface area contributed by atoms with Crippen molar-refractivity contribution in [2.45, 2.75) is 32.2 Å². The zero-order valence-electron chi connectivity index (χ0n) is 10.5. The molecule has 1 aliphatic rings. The maximum absolute atomic E-state index is 14.0. The predicted molar refractivity (Wildman–Crippen MR) is 66.4 cm³/mol. The van der Waals surface area contributed by atoms with Crippen molar-refractivity contribution in [2.75, 3.05) is 12.0 Å². The molecule has 18 heavy (non-hydrogen) atoms. The first-order valence-electron chi connectivity index (χ1n) is 5.90. The Bertz CT molecular complexity index is 475. The summed E-state index contributed by atoms with van der Waals surface area (Å²) >= 11 is 0. The SMILES string of the molecule is CC1(C)CCCN1C(=O)c1ccnc(NN)c1F. The van der Waals surface area contributed by atoms with Crippen molar-refractivity contribution in [1.82, 2.24) is 9.88 Å². The minimum atomic E-state index is -0.701. The Hall–Kier alpha value is -1.69. The summed E-state index contributed by atoms with van der Waals surface area (Å²) in [6, 6.07) is 1.38. The summed E-state index contributed by atoms with van der Waals surface area (Å²) in [7, 11) is 0. The highest BCUT2D eigenvalue weighted by molar-refractivity contribution is 5.95. The average molecular weight is 252 g/mol. The standard InChI is InChI=1S/C12H17FN4O/c1-12(2)5-3-7-17(12)11(18)8-4-6-15-10(16-14)9(8)13/h4,6H,3,5,7,14H2,1-2H3,(H,15,16). The van der Waals surface area contributed by atoms with E-state index in [1.54, 1.807) is 4.90 Å². The molecule has 0 atom stereocenters. The van der Waals surface area contributed by atoms with Crippen LogP contribution in [0.3, 0.4) is 0 Å². The third kappa shape index (κ3) is 2.03. The van der Waals surface area contributed by atoms with Crippen LogP contribution in [-0.4, -0.2) is 27.9 Å². The van der Waals surface area contributed by atoms with E-state index in [0.29, 0.717) is 6.54 Å². The molecule has 3 N–H and O–H groups in total. The first kappa shape index (κ1) is 12.8. The first-order valence-corrected chi connectivity index (χ1v) is 5.90. The van der Waals surface area contributed by atoms with Gasteiger partial charge in [-0.3, -0.25) is 4.79 Å². The van der Waals surface area contributed by atoms with E-state index in [4.69, 9.17) is 5.84 Å². The number of hydrazine groups is 1. The second-order valence-corrected chi connectivity index (χ2v) is 5.04. The van der Waals surface area contributed by atoms with Crippen molar-refractivity contribution in [3.8, 4) is 0 Å². The number of hydrogen-bond acceptors (Lipinski definition) is 4. The minimum Gasteiger partial charge on any atom is -0.333 e. The maximum atomic E-state index is 14.0. The molecule has 1 aliphatic heterocycles. The summed E-state index contributed by atoms with van der Waals surface area (Å²) in [4.78, 5) is 17.8. The summed E-state index contributed by atoms with van der Waals surface area (Å²) in [5.74, 6) is 4.02. The summed E-state index contributed by atoms with van der Waals surface area (Å²) in [6.07, 6.45) is 3.23. The van der Waals surface area contributed by atoms with E-state index in [2.05, 4.69) is 10.4 Å². The number of hydrogen-bond donors (Lipinski definition) is 2. The van der Waals surface area contributed by atoms with Gasteiger partial charge in [0.1, 0.15) is 0 Å². The largest absolute Gasteiger partial charge is 0.333 e. The van der Waals surface area contributed by atoms with E-state index in [1.807, 2.05) is 13.8 Å². The van der Waals surface area contributed by atoms with Gasteiger partial charge in [-0.2, -0.15) is 0 Å². The molecule has 0 aromatic carbocycles. The fraction of sp³-hybridized carbons (Fsp3) is 0.500. The Morgan fingerprint density at radius 2 is 2.33 bits per heavy atom. The van der Waals surface area contributed by atoms with Gasteiger partial charge in [-0.05, 0) is 32.8 Å². The molecule has 0 aliphatic carbocycles. The maximum Gasteiger partial charge on any atom is 0.257 e. The van der Waals surface area contributed by atoms with Crippen molar-refractivity contribution < 1.29 is 9.18 Å². The third-order valence-electron chi connectivity index (χ3n) is 3.40. The van der Waals surface area contributed by atoms with Gasteiger partial charge in [0, 0.05) is 18.3 Å². The van der Waals surface area contributed by atoms with Crippen LogP contribution in [0.1, 0.15) is 37.0 Å². The Kier molecular flexibility index (Phi) is 3.21. The number of aromatic nitrogens is 1. The van der Waals surface area contributed by atoms with Crippen LogP contribution in [0.5, 0.6) is 0 Å². The fourth-order valence-corrected chi connectivity index (χ4v) is 2.34. The van der Waals surface area contributed by atoms with Crippen LogP contribution in [0.25, 0.3) is 0 Å². The van der Waals surface area contributed by atoms with Gasteiger partial charge in [-0.1, -0.05) is 0 Å². The molecule has 1 amide bonds. The number of halogens is 1. The number of nitrogens with two attached hydrogens (primary N) is 1. The van der Waals surface area contributed by atoms with E-state index in [0.717, 1.165) is 12.8 Å². The molecule has 1 aromatic rings. The number of pyridine rings is 1. The topological polar surface area (TPSA) is 71.2 Å². The average Bonchev–Trinajstić information content (AvgIpc) is 2.68. The Labute approximate surface area is 105 Å². The molecule has 0 unspecified atom stereocenters. The molecule has 0 spiro atoms. The molecule has 1 fully saturated rings. The Morgan fingerprint density at radius 3 is 2.89 bits per heavy atom. The zero-order valence-corrected chi connectivity index (χ0v) is 10.5. The van der Waals surface area contributed by atoms with E-state index in [9.17, 15) is 9.18 Å². The molecular weight excluding hydrogens is 235 g/mol. The lowest BCUT2D eigenvalue weighted by Gasteiger charge is -2.31. The van der Waals surface area contributed by atoms with Crippen LogP contribution in [0, 0.1) is 5.82 Å². The molecule has 1 saturated heterocycles. The van der Waals surface area contributed by atoms with Gasteiger partial charge in [-0.25, -0.2) is 15.2 Å². The van der Waals surface area contributed by atoms with Gasteiger partial charge in [0.25, 0.3) is 5.91 Å². The van der Waals surface area contributed by atoms with Gasteiger partial charge in [0.15, 0.2) is 11.6 Å². The first-order chi connectivity index (χ1) is 8.47. The highest BCUT2D eigenvalue weighted by atomic mass is 19.1. The number of likely N-dealkylation sites (tertiary alicyclic amines) is 1. The van der Waals surface area contributed by atoms with Gasteiger partial charge >= 0.3 is 0 Å². The van der Waals surface area contributed by atoms with Crippen molar-refractivity contribution in [2.24, 2.45) is 5.84 Å². The number of amides is 1. The lowest BCUT2D eigenvalue weighted by atomic mass is 10.0. The summed E-state index contributed by atoms with van der Waals surface area (Å²) in [6.45, 7) is 4.62. The normalized spacial score (nSPS) is 17.9. The van der Waals surface area contributed by atoms with Gasteiger partial charge in [-0.15, -0.1) is 0 Å². The highest BCUT2D eigenvalue weighted by Crippen LogP contribution is 2.30. The molecule has 2 rings (SSSR count). The molecule has 5 nitrogen and oxygen atoms in total. The molecule has 0 bridgehead atoms. The van der Waals surface area contributed by atoms with Crippen LogP contribution in [0.15, 0.2) is 12.3 Å². The highest BCUT2D eigenvalue weighted by Gasteiger charge is 2.36. The molecule has 6 heteroatoms. The molecule has 1 aromatic heterocycles. The minimum absolute atomic E-state index is 0.00734. The van der Waals surface area contributed by atoms with Gasteiger partial charge in [0.05, 0.1) is 5.56 Å². The van der Waals surface area contributed by atoms with Crippen LogP contribution >= 0.6 is 0 Å². The van der Waals surface area contributed by atoms with Crippen LogP contribution in [0.4, 0.5) is 10.2 Å². The third-order valence-corrected chi connectivity index (χ3v) is 3.40. The molecule has 0 saturated carbocycles. The Morgan fingerprint density at radius 1 is 1.61 bits per heavy atom. The van der Waals surface area contributed by atoms with Crippen molar-refractivity contribution in [1.29, 1.82) is 0 Å².